The highest BCUT2D eigenvalue weighted by molar-refractivity contribution is 5.71. The lowest BCUT2D eigenvalue weighted by molar-refractivity contribution is 0.0718. The third-order valence-corrected chi connectivity index (χ3v) is 5.20. The summed E-state index contributed by atoms with van der Waals surface area (Å²) < 4.78 is 27.8. The van der Waals surface area contributed by atoms with E-state index in [1.165, 1.54) is 21.3 Å². The molecule has 28 heavy (non-hydrogen) atoms. The van der Waals surface area contributed by atoms with Gasteiger partial charge in [-0.2, -0.15) is 0 Å². The number of benzene rings is 2. The van der Waals surface area contributed by atoms with Gasteiger partial charge in [0.2, 0.25) is 5.75 Å². The maximum atomic E-state index is 10.1. The minimum atomic E-state index is -0.192. The number of phenolic OH excluding ortho intramolecular Hbond substituents is 2. The fourth-order valence-electron chi connectivity index (χ4n) is 3.77. The lowest BCUT2D eigenvalue weighted by atomic mass is 9.92. The molecule has 2 unspecified atom stereocenters. The first-order chi connectivity index (χ1) is 13.6. The van der Waals surface area contributed by atoms with Crippen molar-refractivity contribution in [2.45, 2.75) is 6.10 Å². The van der Waals surface area contributed by atoms with Crippen molar-refractivity contribution in [3.63, 3.8) is 0 Å². The molecule has 2 aromatic rings. The quantitative estimate of drug-likeness (QED) is 0.816. The SMILES string of the molecule is COc1cc(C2OCC3=C(c4cc(OC)c(O)c(OC)c4)OCC32)ccc1O. The Hall–Kier alpha value is -3.06. The molecule has 148 valence electrons. The molecule has 0 amide bonds. The molecule has 7 nitrogen and oxygen atoms in total. The van der Waals surface area contributed by atoms with Crippen LogP contribution in [0.4, 0.5) is 0 Å². The van der Waals surface area contributed by atoms with Gasteiger partial charge in [0.15, 0.2) is 23.0 Å². The number of aromatic hydroxyl groups is 2. The van der Waals surface area contributed by atoms with Gasteiger partial charge in [0.1, 0.15) is 5.76 Å². The Morgan fingerprint density at radius 2 is 1.61 bits per heavy atom. The van der Waals surface area contributed by atoms with Gasteiger partial charge in [0.05, 0.1) is 46.6 Å². The second kappa shape index (κ2) is 7.16. The van der Waals surface area contributed by atoms with Crippen LogP contribution in [0.5, 0.6) is 28.7 Å². The number of hydrogen-bond acceptors (Lipinski definition) is 7. The number of fused-ring (bicyclic) bond motifs is 1. The number of phenols is 2. The van der Waals surface area contributed by atoms with E-state index in [1.54, 1.807) is 24.3 Å². The number of methoxy groups -OCH3 is 3. The maximum absolute atomic E-state index is 10.1. The van der Waals surface area contributed by atoms with Crippen molar-refractivity contribution in [2.24, 2.45) is 5.92 Å². The first-order valence-corrected chi connectivity index (χ1v) is 8.87. The van der Waals surface area contributed by atoms with Crippen LogP contribution >= 0.6 is 0 Å². The summed E-state index contributed by atoms with van der Waals surface area (Å²) in [5.74, 6) is 1.84. The fourth-order valence-corrected chi connectivity index (χ4v) is 3.77. The standard InChI is InChI=1S/C21H22O7/c1-24-16-6-11(4-5-15(16)22)20-13-9-28-21(14(13)10-27-20)12-7-17(25-2)19(23)18(8-12)26-3/h4-8,13,20,22-23H,9-10H2,1-3H3. The van der Waals surface area contributed by atoms with E-state index in [1.807, 2.05) is 6.07 Å². The van der Waals surface area contributed by atoms with Gasteiger partial charge < -0.3 is 33.9 Å². The predicted octanol–water partition coefficient (Wildman–Crippen LogP) is 3.25. The molecule has 2 atom stereocenters. The lowest BCUT2D eigenvalue weighted by Crippen LogP contribution is -2.10. The topological polar surface area (TPSA) is 86.6 Å². The van der Waals surface area contributed by atoms with Gasteiger partial charge in [-0.25, -0.2) is 0 Å². The van der Waals surface area contributed by atoms with Crippen LogP contribution in [0.2, 0.25) is 0 Å². The average molecular weight is 386 g/mol. The highest BCUT2D eigenvalue weighted by Gasteiger charge is 2.41. The number of rotatable bonds is 5. The molecule has 2 heterocycles. The van der Waals surface area contributed by atoms with Crippen LogP contribution in [-0.2, 0) is 9.47 Å². The van der Waals surface area contributed by atoms with Crippen molar-refractivity contribution in [1.29, 1.82) is 0 Å². The van der Waals surface area contributed by atoms with Gasteiger partial charge in [-0.15, -0.1) is 0 Å². The summed E-state index contributed by atoms with van der Waals surface area (Å²) in [6.07, 6.45) is -0.192. The first-order valence-electron chi connectivity index (χ1n) is 8.87. The van der Waals surface area contributed by atoms with Gasteiger partial charge in [-0.05, 0) is 29.8 Å². The highest BCUT2D eigenvalue weighted by Crippen LogP contribution is 2.49. The smallest absolute Gasteiger partial charge is 0.200 e. The summed E-state index contributed by atoms with van der Waals surface area (Å²) in [6, 6.07) is 8.66. The van der Waals surface area contributed by atoms with Crippen LogP contribution in [0.1, 0.15) is 17.2 Å². The van der Waals surface area contributed by atoms with Crippen LogP contribution in [0.3, 0.4) is 0 Å². The van der Waals surface area contributed by atoms with Crippen LogP contribution in [-0.4, -0.2) is 44.8 Å². The summed E-state index contributed by atoms with van der Waals surface area (Å²) in [5, 5.41) is 20.0. The average Bonchev–Trinajstić information content (AvgIpc) is 3.31. The fraction of sp³-hybridized carbons (Fsp3) is 0.333. The Labute approximate surface area is 162 Å². The lowest BCUT2D eigenvalue weighted by Gasteiger charge is -2.17. The van der Waals surface area contributed by atoms with Gasteiger partial charge in [-0.3, -0.25) is 0 Å². The van der Waals surface area contributed by atoms with Crippen LogP contribution < -0.4 is 14.2 Å². The molecule has 2 N–H and O–H groups in total. The predicted molar refractivity (Wildman–Crippen MR) is 101 cm³/mol. The second-order valence-corrected chi connectivity index (χ2v) is 6.66. The number of ether oxygens (including phenoxy) is 5. The molecule has 0 aromatic heterocycles. The zero-order chi connectivity index (χ0) is 19.8. The van der Waals surface area contributed by atoms with Gasteiger partial charge in [0, 0.05) is 11.1 Å². The van der Waals surface area contributed by atoms with Crippen molar-refractivity contribution < 1.29 is 33.9 Å². The Morgan fingerprint density at radius 1 is 0.929 bits per heavy atom. The minimum absolute atomic E-state index is 0.0503. The second-order valence-electron chi connectivity index (χ2n) is 6.66. The van der Waals surface area contributed by atoms with Crippen molar-refractivity contribution in [3.8, 4) is 28.7 Å². The highest BCUT2D eigenvalue weighted by atomic mass is 16.5. The molecule has 0 radical (unpaired) electrons. The van der Waals surface area contributed by atoms with Crippen LogP contribution in [0, 0.1) is 5.92 Å². The largest absolute Gasteiger partial charge is 0.504 e. The zero-order valence-electron chi connectivity index (χ0n) is 15.9. The Kier molecular flexibility index (Phi) is 4.68. The molecule has 2 aromatic carbocycles. The molecule has 0 spiro atoms. The molecule has 1 fully saturated rings. The first kappa shape index (κ1) is 18.3. The maximum Gasteiger partial charge on any atom is 0.200 e. The summed E-state index contributed by atoms with van der Waals surface area (Å²) in [5.41, 5.74) is 2.73. The molecule has 7 heteroatoms. The number of hydrogen-bond donors (Lipinski definition) is 2. The Balaban J connectivity index is 1.70. The van der Waals surface area contributed by atoms with E-state index in [0.717, 1.165) is 22.5 Å². The Morgan fingerprint density at radius 3 is 2.25 bits per heavy atom. The van der Waals surface area contributed by atoms with E-state index in [4.69, 9.17) is 23.7 Å². The van der Waals surface area contributed by atoms with Crippen LogP contribution in [0.25, 0.3) is 5.76 Å². The molecule has 1 saturated heterocycles. The molecule has 0 saturated carbocycles. The molecule has 0 bridgehead atoms. The van der Waals surface area contributed by atoms with Crippen molar-refractivity contribution >= 4 is 5.76 Å². The van der Waals surface area contributed by atoms with E-state index in [2.05, 4.69) is 0 Å². The van der Waals surface area contributed by atoms with E-state index >= 15 is 0 Å². The third kappa shape index (κ3) is 2.88. The van der Waals surface area contributed by atoms with E-state index < -0.39 is 0 Å². The normalized spacial score (nSPS) is 20.7. The molecule has 4 rings (SSSR count). The monoisotopic (exact) mass is 386 g/mol. The summed E-state index contributed by atoms with van der Waals surface area (Å²) >= 11 is 0. The van der Waals surface area contributed by atoms with E-state index in [-0.39, 0.29) is 23.5 Å². The zero-order valence-corrected chi connectivity index (χ0v) is 15.9. The Bertz CT molecular complexity index is 909. The summed E-state index contributed by atoms with van der Waals surface area (Å²) in [7, 11) is 4.49. The third-order valence-electron chi connectivity index (χ3n) is 5.20. The molecule has 2 aliphatic heterocycles. The van der Waals surface area contributed by atoms with E-state index in [0.29, 0.717) is 30.5 Å². The van der Waals surface area contributed by atoms with Crippen molar-refractivity contribution in [1.82, 2.24) is 0 Å². The van der Waals surface area contributed by atoms with Crippen LogP contribution in [0.15, 0.2) is 35.9 Å². The molecular formula is C21H22O7. The van der Waals surface area contributed by atoms with Gasteiger partial charge >= 0.3 is 0 Å². The molecular weight excluding hydrogens is 364 g/mol. The van der Waals surface area contributed by atoms with Gasteiger partial charge in [0.25, 0.3) is 0 Å². The summed E-state index contributed by atoms with van der Waals surface area (Å²) in [6.45, 7) is 0.906. The minimum Gasteiger partial charge on any atom is -0.504 e. The molecule has 0 aliphatic carbocycles. The van der Waals surface area contributed by atoms with E-state index in [9.17, 15) is 10.2 Å². The molecule has 2 aliphatic rings. The van der Waals surface area contributed by atoms with Gasteiger partial charge in [-0.1, -0.05) is 6.07 Å². The van der Waals surface area contributed by atoms with Crippen molar-refractivity contribution in [3.05, 3.63) is 47.0 Å². The summed E-state index contributed by atoms with van der Waals surface area (Å²) in [4.78, 5) is 0. The van der Waals surface area contributed by atoms with Crippen molar-refractivity contribution in [2.75, 3.05) is 34.5 Å².